The van der Waals surface area contributed by atoms with Crippen LogP contribution in [0.3, 0.4) is 0 Å². The first kappa shape index (κ1) is 25.2. The fourth-order valence-corrected chi connectivity index (χ4v) is 8.06. The lowest BCUT2D eigenvalue weighted by Crippen LogP contribution is -2.68. The number of benzene rings is 2. The molecular formula is C32H39N3O3. The molecule has 0 spiro atoms. The van der Waals surface area contributed by atoms with E-state index >= 15 is 0 Å². The second-order valence-electron chi connectivity index (χ2n) is 12.3. The van der Waals surface area contributed by atoms with Crippen molar-refractivity contribution in [1.82, 2.24) is 14.8 Å². The Kier molecular flexibility index (Phi) is 6.34. The van der Waals surface area contributed by atoms with Crippen molar-refractivity contribution in [3.05, 3.63) is 76.1 Å². The molecule has 3 heterocycles. The van der Waals surface area contributed by atoms with E-state index in [2.05, 4.69) is 47.5 Å². The van der Waals surface area contributed by atoms with Gasteiger partial charge >= 0.3 is 0 Å². The lowest BCUT2D eigenvalue weighted by Gasteiger charge is -2.63. The van der Waals surface area contributed by atoms with Gasteiger partial charge in [-0.3, -0.25) is 14.5 Å². The number of aromatic nitrogens is 1. The van der Waals surface area contributed by atoms with Crippen LogP contribution in [0.5, 0.6) is 5.75 Å². The van der Waals surface area contributed by atoms with E-state index in [0.717, 1.165) is 25.2 Å². The summed E-state index contributed by atoms with van der Waals surface area (Å²) >= 11 is 0. The van der Waals surface area contributed by atoms with E-state index in [1.165, 1.54) is 24.8 Å². The SMILES string of the molecule is CCC(NC(=O)c1c(O)c2ccccc2n(CC(C)C)c1=O)N1C2CC3CC1CC(c1ccccc1)(C3)C2. The number of carbonyl (C=O) groups excluding carboxylic acids is 1. The van der Waals surface area contributed by atoms with Crippen molar-refractivity contribution in [2.45, 2.75) is 89.5 Å². The molecule has 6 nitrogen and oxygen atoms in total. The molecule has 2 saturated carbocycles. The number of hydrogen-bond acceptors (Lipinski definition) is 4. The van der Waals surface area contributed by atoms with Gasteiger partial charge in [-0.15, -0.1) is 0 Å². The molecule has 4 aliphatic rings. The van der Waals surface area contributed by atoms with Gasteiger partial charge in [0.15, 0.2) is 0 Å². The van der Waals surface area contributed by atoms with Crippen LogP contribution < -0.4 is 10.9 Å². The first-order valence-electron chi connectivity index (χ1n) is 14.3. The molecule has 7 rings (SSSR count). The van der Waals surface area contributed by atoms with Gasteiger partial charge in [-0.25, -0.2) is 0 Å². The highest BCUT2D eigenvalue weighted by Crippen LogP contribution is 2.57. The van der Waals surface area contributed by atoms with Gasteiger partial charge < -0.3 is 15.0 Å². The minimum Gasteiger partial charge on any atom is -0.506 e. The molecule has 2 aliphatic carbocycles. The quantitative estimate of drug-likeness (QED) is 0.443. The number of hydrogen-bond donors (Lipinski definition) is 2. The van der Waals surface area contributed by atoms with Gasteiger partial charge in [0.1, 0.15) is 11.3 Å². The minimum absolute atomic E-state index is 0.145. The van der Waals surface area contributed by atoms with Crippen LogP contribution in [0.25, 0.3) is 10.9 Å². The number of amides is 1. The molecule has 6 heteroatoms. The number of carbonyl (C=O) groups is 1. The Hall–Kier alpha value is -3.12. The zero-order valence-electron chi connectivity index (χ0n) is 22.7. The summed E-state index contributed by atoms with van der Waals surface area (Å²) in [5.74, 6) is 0.247. The normalized spacial score (nSPS) is 27.2. The molecule has 4 fully saturated rings. The van der Waals surface area contributed by atoms with Crippen LogP contribution in [0, 0.1) is 11.8 Å². The van der Waals surface area contributed by atoms with E-state index in [4.69, 9.17) is 0 Å². The highest BCUT2D eigenvalue weighted by molar-refractivity contribution is 6.02. The van der Waals surface area contributed by atoms with Crippen LogP contribution in [0.2, 0.25) is 0 Å². The standard InChI is InChI=1S/C32H39N3O3/c1-4-27(35-23-14-21-15-24(35)18-32(16-21,17-23)22-10-6-5-7-11-22)33-30(37)28-29(36)25-12-8-9-13-26(25)34(31(28)38)19-20(2)3/h5-13,20-21,23-24,27,36H,4,14-19H2,1-3H3,(H,33,37). The summed E-state index contributed by atoms with van der Waals surface area (Å²) in [6.07, 6.45) is 6.39. The topological polar surface area (TPSA) is 74.6 Å². The monoisotopic (exact) mass is 513 g/mol. The molecular weight excluding hydrogens is 474 g/mol. The van der Waals surface area contributed by atoms with E-state index < -0.39 is 11.5 Å². The maximum absolute atomic E-state index is 13.7. The lowest BCUT2D eigenvalue weighted by atomic mass is 9.53. The smallest absolute Gasteiger partial charge is 0.267 e. The van der Waals surface area contributed by atoms with Crippen molar-refractivity contribution in [3.8, 4) is 5.75 Å². The van der Waals surface area contributed by atoms with Crippen molar-refractivity contribution in [2.75, 3.05) is 0 Å². The molecule has 2 N–H and O–H groups in total. The molecule has 1 aromatic heterocycles. The molecule has 3 aromatic rings. The Morgan fingerprint density at radius 1 is 1.03 bits per heavy atom. The molecule has 0 radical (unpaired) electrons. The third-order valence-corrected chi connectivity index (χ3v) is 9.34. The van der Waals surface area contributed by atoms with Crippen molar-refractivity contribution in [3.63, 3.8) is 0 Å². The number of piperidine rings is 2. The van der Waals surface area contributed by atoms with Gasteiger partial charge in [-0.05, 0) is 73.5 Å². The molecule has 4 bridgehead atoms. The Balaban J connectivity index is 1.31. The average Bonchev–Trinajstić information content (AvgIpc) is 2.90. The van der Waals surface area contributed by atoms with Crippen molar-refractivity contribution in [2.24, 2.45) is 11.8 Å². The van der Waals surface area contributed by atoms with Crippen LogP contribution >= 0.6 is 0 Å². The zero-order chi connectivity index (χ0) is 26.6. The fraction of sp³-hybridized carbons (Fsp3) is 0.500. The van der Waals surface area contributed by atoms with E-state index in [0.29, 0.717) is 29.5 Å². The van der Waals surface area contributed by atoms with E-state index in [9.17, 15) is 14.7 Å². The van der Waals surface area contributed by atoms with Crippen LogP contribution in [-0.4, -0.2) is 38.7 Å². The van der Waals surface area contributed by atoms with Crippen molar-refractivity contribution < 1.29 is 9.90 Å². The minimum atomic E-state index is -0.478. The first-order chi connectivity index (χ1) is 18.3. The van der Waals surface area contributed by atoms with Crippen molar-refractivity contribution >= 4 is 16.8 Å². The second kappa shape index (κ2) is 9.57. The highest BCUT2D eigenvalue weighted by Gasteiger charge is 2.56. The number of nitrogens with one attached hydrogen (secondary N) is 1. The fourth-order valence-electron chi connectivity index (χ4n) is 8.06. The van der Waals surface area contributed by atoms with E-state index in [-0.39, 0.29) is 28.8 Å². The third-order valence-electron chi connectivity index (χ3n) is 9.34. The molecule has 3 atom stereocenters. The van der Waals surface area contributed by atoms with Gasteiger partial charge in [0.25, 0.3) is 11.5 Å². The van der Waals surface area contributed by atoms with Gasteiger partial charge in [0.05, 0.1) is 11.7 Å². The number of rotatable bonds is 7. The first-order valence-corrected chi connectivity index (χ1v) is 14.3. The van der Waals surface area contributed by atoms with E-state index in [1.807, 2.05) is 32.0 Å². The number of pyridine rings is 1. The summed E-state index contributed by atoms with van der Waals surface area (Å²) in [4.78, 5) is 29.9. The van der Waals surface area contributed by atoms with E-state index in [1.54, 1.807) is 10.6 Å². The molecule has 2 aliphatic heterocycles. The number of para-hydroxylation sites is 1. The molecule has 1 amide bonds. The Labute approximate surface area is 224 Å². The van der Waals surface area contributed by atoms with Crippen molar-refractivity contribution in [1.29, 1.82) is 0 Å². The summed E-state index contributed by atoms with van der Waals surface area (Å²) in [5, 5.41) is 14.9. The summed E-state index contributed by atoms with van der Waals surface area (Å²) < 4.78 is 1.64. The van der Waals surface area contributed by atoms with Gasteiger partial charge in [-0.2, -0.15) is 0 Å². The van der Waals surface area contributed by atoms with Crippen LogP contribution in [0.15, 0.2) is 59.4 Å². The van der Waals surface area contributed by atoms with Gasteiger partial charge in [-0.1, -0.05) is 63.2 Å². The predicted molar refractivity (Wildman–Crippen MR) is 150 cm³/mol. The Bertz CT molecular complexity index is 1400. The lowest BCUT2D eigenvalue weighted by molar-refractivity contribution is -0.101. The summed E-state index contributed by atoms with van der Waals surface area (Å²) in [6, 6.07) is 19.1. The Morgan fingerprint density at radius 2 is 1.68 bits per heavy atom. The second-order valence-corrected chi connectivity index (χ2v) is 12.3. The average molecular weight is 514 g/mol. The van der Waals surface area contributed by atoms with Crippen LogP contribution in [0.1, 0.15) is 75.2 Å². The zero-order valence-corrected chi connectivity index (χ0v) is 22.7. The number of fused-ring (bicyclic) bond motifs is 1. The van der Waals surface area contributed by atoms with Gasteiger partial charge in [0, 0.05) is 24.0 Å². The molecule has 2 aromatic carbocycles. The number of aromatic hydroxyl groups is 1. The summed E-state index contributed by atoms with van der Waals surface area (Å²) in [5.41, 5.74) is 1.78. The molecule has 2 saturated heterocycles. The predicted octanol–water partition coefficient (Wildman–Crippen LogP) is 5.41. The highest BCUT2D eigenvalue weighted by atomic mass is 16.3. The third kappa shape index (κ3) is 4.05. The molecule has 3 unspecified atom stereocenters. The van der Waals surface area contributed by atoms with Crippen LogP contribution in [0.4, 0.5) is 0 Å². The Morgan fingerprint density at radius 3 is 2.34 bits per heavy atom. The maximum atomic E-state index is 13.7. The number of nitrogens with zero attached hydrogens (tertiary/aromatic N) is 2. The molecule has 200 valence electrons. The largest absolute Gasteiger partial charge is 0.506 e. The van der Waals surface area contributed by atoms with Gasteiger partial charge in [0.2, 0.25) is 0 Å². The molecule has 38 heavy (non-hydrogen) atoms. The summed E-state index contributed by atoms with van der Waals surface area (Å²) in [6.45, 7) is 6.67. The summed E-state index contributed by atoms with van der Waals surface area (Å²) in [7, 11) is 0. The van der Waals surface area contributed by atoms with Crippen LogP contribution in [-0.2, 0) is 12.0 Å². The maximum Gasteiger partial charge on any atom is 0.267 e.